The van der Waals surface area contributed by atoms with Gasteiger partial charge in [-0.2, -0.15) is 13.8 Å². The van der Waals surface area contributed by atoms with Crippen molar-refractivity contribution in [1.82, 2.24) is 24.6 Å². The lowest BCUT2D eigenvalue weighted by molar-refractivity contribution is 0.0642. The number of halogens is 2. The summed E-state index contributed by atoms with van der Waals surface area (Å²) in [6.45, 7) is 0.194. The van der Waals surface area contributed by atoms with Crippen LogP contribution in [0.4, 0.5) is 8.78 Å². The molecular weight excluding hydrogens is 280 g/mol. The van der Waals surface area contributed by atoms with E-state index in [0.29, 0.717) is 24.1 Å². The predicted molar refractivity (Wildman–Crippen MR) is 71.6 cm³/mol. The Balaban J connectivity index is 1.90. The maximum absolute atomic E-state index is 12.7. The molecular formula is C13H19F2N5O. The van der Waals surface area contributed by atoms with Crippen molar-refractivity contribution in [1.29, 1.82) is 0 Å². The van der Waals surface area contributed by atoms with Gasteiger partial charge in [-0.05, 0) is 13.5 Å². The van der Waals surface area contributed by atoms with Crippen LogP contribution in [0.25, 0.3) is 0 Å². The van der Waals surface area contributed by atoms with Crippen molar-refractivity contribution in [3.63, 3.8) is 0 Å². The highest BCUT2D eigenvalue weighted by molar-refractivity contribution is 4.93. The fourth-order valence-electron chi connectivity index (χ4n) is 1.96. The average Bonchev–Trinajstić information content (AvgIpc) is 3.05. The van der Waals surface area contributed by atoms with Crippen molar-refractivity contribution in [2.45, 2.75) is 45.8 Å². The molecule has 116 valence electrons. The average molecular weight is 299 g/mol. The number of hydrogen-bond donors (Lipinski definition) is 0. The summed E-state index contributed by atoms with van der Waals surface area (Å²) in [5, 5.41) is 3.90. The molecule has 0 saturated heterocycles. The highest BCUT2D eigenvalue weighted by Crippen LogP contribution is 2.14. The van der Waals surface area contributed by atoms with Crippen LogP contribution < -0.4 is 0 Å². The van der Waals surface area contributed by atoms with E-state index in [9.17, 15) is 8.78 Å². The SMILES string of the molecule is CCCCc1noc(CN(C)Cc2nccn2C(F)F)n1. The van der Waals surface area contributed by atoms with Crippen LogP contribution in [-0.4, -0.2) is 31.6 Å². The third-order valence-electron chi connectivity index (χ3n) is 3.04. The van der Waals surface area contributed by atoms with Gasteiger partial charge in [0, 0.05) is 18.8 Å². The molecule has 6 nitrogen and oxygen atoms in total. The molecule has 0 aromatic carbocycles. The molecule has 0 fully saturated rings. The highest BCUT2D eigenvalue weighted by atomic mass is 19.3. The molecule has 0 bridgehead atoms. The van der Waals surface area contributed by atoms with E-state index in [1.165, 1.54) is 12.4 Å². The minimum Gasteiger partial charge on any atom is -0.338 e. The van der Waals surface area contributed by atoms with E-state index < -0.39 is 6.55 Å². The third-order valence-corrected chi connectivity index (χ3v) is 3.04. The number of imidazole rings is 1. The lowest BCUT2D eigenvalue weighted by atomic mass is 10.2. The first kappa shape index (κ1) is 15.6. The lowest BCUT2D eigenvalue weighted by Gasteiger charge is -2.14. The number of unbranched alkanes of at least 4 members (excludes halogenated alkanes) is 1. The fraction of sp³-hybridized carbons (Fsp3) is 0.615. The highest BCUT2D eigenvalue weighted by Gasteiger charge is 2.15. The van der Waals surface area contributed by atoms with E-state index in [1.54, 1.807) is 11.9 Å². The van der Waals surface area contributed by atoms with E-state index in [-0.39, 0.29) is 6.54 Å². The van der Waals surface area contributed by atoms with Crippen LogP contribution in [0.2, 0.25) is 0 Å². The molecule has 8 heteroatoms. The maximum atomic E-state index is 12.7. The number of aromatic nitrogens is 4. The Labute approximate surface area is 121 Å². The van der Waals surface area contributed by atoms with Gasteiger partial charge < -0.3 is 4.52 Å². The van der Waals surface area contributed by atoms with Crippen LogP contribution >= 0.6 is 0 Å². The Hall–Kier alpha value is -1.83. The van der Waals surface area contributed by atoms with Crippen LogP contribution in [0.1, 0.15) is 43.9 Å². The molecule has 2 heterocycles. The number of aryl methyl sites for hydroxylation is 1. The number of hydrogen-bond acceptors (Lipinski definition) is 5. The van der Waals surface area contributed by atoms with Gasteiger partial charge in [0.05, 0.1) is 13.1 Å². The Morgan fingerprint density at radius 2 is 2.19 bits per heavy atom. The lowest BCUT2D eigenvalue weighted by Crippen LogP contribution is -2.20. The van der Waals surface area contributed by atoms with Gasteiger partial charge in [-0.25, -0.2) is 4.98 Å². The molecule has 0 amide bonds. The first-order chi connectivity index (χ1) is 10.1. The molecule has 2 aromatic heterocycles. The van der Waals surface area contributed by atoms with Gasteiger partial charge in [-0.1, -0.05) is 18.5 Å². The van der Waals surface area contributed by atoms with E-state index in [4.69, 9.17) is 4.52 Å². The first-order valence-corrected chi connectivity index (χ1v) is 6.90. The second-order valence-corrected chi connectivity index (χ2v) is 4.91. The molecule has 0 radical (unpaired) electrons. The van der Waals surface area contributed by atoms with Crippen molar-refractivity contribution >= 4 is 0 Å². The summed E-state index contributed by atoms with van der Waals surface area (Å²) in [4.78, 5) is 10.0. The Morgan fingerprint density at radius 1 is 1.38 bits per heavy atom. The summed E-state index contributed by atoms with van der Waals surface area (Å²) in [7, 11) is 1.79. The zero-order chi connectivity index (χ0) is 15.2. The standard InChI is InChI=1S/C13H19F2N5O/c1-3-4-5-10-17-12(21-18-10)9-19(2)8-11-16-6-7-20(11)13(14)15/h6-7,13H,3-5,8-9H2,1-2H3. The van der Waals surface area contributed by atoms with Crippen molar-refractivity contribution in [3.05, 3.63) is 29.9 Å². The maximum Gasteiger partial charge on any atom is 0.319 e. The Kier molecular flexibility index (Phi) is 5.38. The summed E-state index contributed by atoms with van der Waals surface area (Å²) < 4.78 is 31.4. The topological polar surface area (TPSA) is 60.0 Å². The minimum absolute atomic E-state index is 0.282. The zero-order valence-corrected chi connectivity index (χ0v) is 12.2. The molecule has 2 aromatic rings. The monoisotopic (exact) mass is 299 g/mol. The Bertz CT molecular complexity index is 554. The first-order valence-electron chi connectivity index (χ1n) is 6.90. The predicted octanol–water partition coefficient (Wildman–Crippen LogP) is 2.64. The van der Waals surface area contributed by atoms with Crippen LogP contribution in [0, 0.1) is 0 Å². The molecule has 0 aliphatic heterocycles. The number of rotatable bonds is 8. The van der Waals surface area contributed by atoms with Gasteiger partial charge in [0.2, 0.25) is 5.89 Å². The molecule has 0 unspecified atom stereocenters. The largest absolute Gasteiger partial charge is 0.338 e. The van der Waals surface area contributed by atoms with Crippen molar-refractivity contribution in [2.24, 2.45) is 0 Å². The van der Waals surface area contributed by atoms with Gasteiger partial charge in [-0.3, -0.25) is 9.47 Å². The zero-order valence-electron chi connectivity index (χ0n) is 12.2. The number of nitrogens with zero attached hydrogens (tertiary/aromatic N) is 5. The van der Waals surface area contributed by atoms with Crippen molar-refractivity contribution in [2.75, 3.05) is 7.05 Å². The van der Waals surface area contributed by atoms with Gasteiger partial charge in [0.1, 0.15) is 5.82 Å². The molecule has 0 saturated carbocycles. The van der Waals surface area contributed by atoms with Crippen LogP contribution in [0.15, 0.2) is 16.9 Å². The fourth-order valence-corrected chi connectivity index (χ4v) is 1.96. The molecule has 0 spiro atoms. The van der Waals surface area contributed by atoms with Gasteiger partial charge >= 0.3 is 6.55 Å². The van der Waals surface area contributed by atoms with Crippen molar-refractivity contribution < 1.29 is 13.3 Å². The van der Waals surface area contributed by atoms with E-state index in [2.05, 4.69) is 22.0 Å². The van der Waals surface area contributed by atoms with Crippen molar-refractivity contribution in [3.8, 4) is 0 Å². The van der Waals surface area contributed by atoms with Crippen LogP contribution in [0.3, 0.4) is 0 Å². The van der Waals surface area contributed by atoms with Gasteiger partial charge in [-0.15, -0.1) is 0 Å². The quantitative estimate of drug-likeness (QED) is 0.750. The second kappa shape index (κ2) is 7.26. The van der Waals surface area contributed by atoms with Gasteiger partial charge in [0.25, 0.3) is 0 Å². The normalized spacial score (nSPS) is 11.7. The molecule has 0 aliphatic rings. The van der Waals surface area contributed by atoms with E-state index in [1.807, 2.05) is 0 Å². The van der Waals surface area contributed by atoms with E-state index >= 15 is 0 Å². The van der Waals surface area contributed by atoms with Crippen LogP contribution in [-0.2, 0) is 19.5 Å². The summed E-state index contributed by atoms with van der Waals surface area (Å²) in [6.07, 6.45) is 5.51. The molecule has 21 heavy (non-hydrogen) atoms. The van der Waals surface area contributed by atoms with Crippen LogP contribution in [0.5, 0.6) is 0 Å². The molecule has 0 aliphatic carbocycles. The Morgan fingerprint density at radius 3 is 2.90 bits per heavy atom. The summed E-state index contributed by atoms with van der Waals surface area (Å²) >= 11 is 0. The summed E-state index contributed by atoms with van der Waals surface area (Å²) in [5.74, 6) is 1.48. The summed E-state index contributed by atoms with van der Waals surface area (Å²) in [6, 6.07) is 0. The number of alkyl halides is 2. The summed E-state index contributed by atoms with van der Waals surface area (Å²) in [5.41, 5.74) is 0. The van der Waals surface area contributed by atoms with E-state index in [0.717, 1.165) is 23.8 Å². The third kappa shape index (κ3) is 4.32. The molecule has 2 rings (SSSR count). The minimum atomic E-state index is -2.58. The smallest absolute Gasteiger partial charge is 0.319 e. The van der Waals surface area contributed by atoms with Gasteiger partial charge in [0.15, 0.2) is 5.82 Å². The molecule has 0 atom stereocenters. The second-order valence-electron chi connectivity index (χ2n) is 4.91. The molecule has 0 N–H and O–H groups in total.